The van der Waals surface area contributed by atoms with Crippen molar-refractivity contribution in [3.63, 3.8) is 0 Å². The van der Waals surface area contributed by atoms with E-state index in [2.05, 4.69) is 35.3 Å². The Morgan fingerprint density at radius 2 is 2.06 bits per heavy atom. The SMILES string of the molecule is CCCc1ccc(N2CCNCC2)cc1Cl. The highest BCUT2D eigenvalue weighted by atomic mass is 35.5. The lowest BCUT2D eigenvalue weighted by Gasteiger charge is -2.29. The van der Waals surface area contributed by atoms with Crippen LogP contribution in [0, 0.1) is 0 Å². The van der Waals surface area contributed by atoms with E-state index in [-0.39, 0.29) is 0 Å². The topological polar surface area (TPSA) is 15.3 Å². The summed E-state index contributed by atoms with van der Waals surface area (Å²) in [6.07, 6.45) is 2.22. The van der Waals surface area contributed by atoms with Gasteiger partial charge in [-0.25, -0.2) is 0 Å². The molecule has 1 saturated heterocycles. The van der Waals surface area contributed by atoms with Crippen molar-refractivity contribution >= 4 is 17.3 Å². The van der Waals surface area contributed by atoms with E-state index in [9.17, 15) is 0 Å². The molecule has 88 valence electrons. The molecule has 0 saturated carbocycles. The lowest BCUT2D eigenvalue weighted by molar-refractivity contribution is 0.589. The van der Waals surface area contributed by atoms with Crippen LogP contribution in [0.1, 0.15) is 18.9 Å². The summed E-state index contributed by atoms with van der Waals surface area (Å²) < 4.78 is 0. The number of benzene rings is 1. The van der Waals surface area contributed by atoms with Crippen LogP contribution in [0.2, 0.25) is 5.02 Å². The Morgan fingerprint density at radius 1 is 1.31 bits per heavy atom. The van der Waals surface area contributed by atoms with E-state index in [0.717, 1.165) is 44.0 Å². The molecule has 0 radical (unpaired) electrons. The van der Waals surface area contributed by atoms with Crippen LogP contribution in [-0.4, -0.2) is 26.2 Å². The summed E-state index contributed by atoms with van der Waals surface area (Å²) in [5.41, 5.74) is 2.52. The maximum Gasteiger partial charge on any atom is 0.0458 e. The first-order chi connectivity index (χ1) is 7.81. The van der Waals surface area contributed by atoms with Gasteiger partial charge in [0.25, 0.3) is 0 Å². The van der Waals surface area contributed by atoms with Gasteiger partial charge in [0.15, 0.2) is 0 Å². The van der Waals surface area contributed by atoms with E-state index in [1.807, 2.05) is 0 Å². The second-order valence-corrected chi connectivity index (χ2v) is 4.67. The van der Waals surface area contributed by atoms with Crippen LogP contribution in [0.25, 0.3) is 0 Å². The zero-order chi connectivity index (χ0) is 11.4. The fourth-order valence-electron chi connectivity index (χ4n) is 2.13. The molecular formula is C13H19ClN2. The van der Waals surface area contributed by atoms with Crippen LogP contribution in [0.3, 0.4) is 0 Å². The highest BCUT2D eigenvalue weighted by molar-refractivity contribution is 6.31. The van der Waals surface area contributed by atoms with Gasteiger partial charge in [-0.05, 0) is 24.1 Å². The summed E-state index contributed by atoms with van der Waals surface area (Å²) in [6, 6.07) is 6.48. The standard InChI is InChI=1S/C13H19ClN2/c1-2-3-11-4-5-12(10-13(11)14)16-8-6-15-7-9-16/h4-5,10,15H,2-3,6-9H2,1H3. The molecule has 0 spiro atoms. The molecule has 3 heteroatoms. The third-order valence-electron chi connectivity index (χ3n) is 3.04. The molecule has 1 N–H and O–H groups in total. The number of nitrogens with one attached hydrogen (secondary N) is 1. The lowest BCUT2D eigenvalue weighted by Crippen LogP contribution is -2.43. The highest BCUT2D eigenvalue weighted by Crippen LogP contribution is 2.24. The monoisotopic (exact) mass is 238 g/mol. The summed E-state index contributed by atoms with van der Waals surface area (Å²) in [4.78, 5) is 2.39. The van der Waals surface area contributed by atoms with E-state index < -0.39 is 0 Å². The normalized spacial score (nSPS) is 16.5. The Balaban J connectivity index is 2.13. The Kier molecular flexibility index (Phi) is 4.08. The van der Waals surface area contributed by atoms with Crippen molar-refractivity contribution in [1.29, 1.82) is 0 Å². The van der Waals surface area contributed by atoms with Crippen LogP contribution in [0.15, 0.2) is 18.2 Å². The fraction of sp³-hybridized carbons (Fsp3) is 0.538. The highest BCUT2D eigenvalue weighted by Gasteiger charge is 2.11. The van der Waals surface area contributed by atoms with Gasteiger partial charge in [-0.1, -0.05) is 31.0 Å². The number of halogens is 1. The van der Waals surface area contributed by atoms with Crippen molar-refractivity contribution in [3.8, 4) is 0 Å². The molecule has 1 aliphatic rings. The zero-order valence-electron chi connectivity index (χ0n) is 9.80. The van der Waals surface area contributed by atoms with E-state index in [1.54, 1.807) is 0 Å². The van der Waals surface area contributed by atoms with Gasteiger partial charge in [0, 0.05) is 36.9 Å². The molecule has 1 aromatic rings. The second-order valence-electron chi connectivity index (χ2n) is 4.26. The average Bonchev–Trinajstić information content (AvgIpc) is 2.33. The van der Waals surface area contributed by atoms with Crippen molar-refractivity contribution in [2.45, 2.75) is 19.8 Å². The van der Waals surface area contributed by atoms with Crippen LogP contribution in [-0.2, 0) is 6.42 Å². The number of hydrogen-bond donors (Lipinski definition) is 1. The van der Waals surface area contributed by atoms with Gasteiger partial charge in [-0.15, -0.1) is 0 Å². The molecule has 0 amide bonds. The van der Waals surface area contributed by atoms with E-state index in [1.165, 1.54) is 11.3 Å². The number of rotatable bonds is 3. The zero-order valence-corrected chi connectivity index (χ0v) is 10.6. The van der Waals surface area contributed by atoms with E-state index >= 15 is 0 Å². The first kappa shape index (κ1) is 11.7. The van der Waals surface area contributed by atoms with Gasteiger partial charge < -0.3 is 10.2 Å². The minimum absolute atomic E-state index is 0.915. The van der Waals surface area contributed by atoms with Crippen molar-refractivity contribution < 1.29 is 0 Å². The molecule has 0 bridgehead atoms. The third-order valence-corrected chi connectivity index (χ3v) is 3.39. The van der Waals surface area contributed by atoms with Crippen LogP contribution in [0.5, 0.6) is 0 Å². The molecule has 1 aromatic carbocycles. The summed E-state index contributed by atoms with van der Waals surface area (Å²) >= 11 is 6.29. The molecule has 0 unspecified atom stereocenters. The number of piperazine rings is 1. The molecule has 1 aliphatic heterocycles. The summed E-state index contributed by atoms with van der Waals surface area (Å²) in [6.45, 7) is 6.45. The molecule has 1 heterocycles. The van der Waals surface area contributed by atoms with Gasteiger partial charge in [0.1, 0.15) is 0 Å². The Labute approximate surface area is 103 Å². The summed E-state index contributed by atoms with van der Waals surface area (Å²) in [7, 11) is 0. The van der Waals surface area contributed by atoms with Crippen molar-refractivity contribution in [3.05, 3.63) is 28.8 Å². The van der Waals surface area contributed by atoms with Crippen molar-refractivity contribution in [2.24, 2.45) is 0 Å². The van der Waals surface area contributed by atoms with Gasteiger partial charge in [0.05, 0.1) is 0 Å². The average molecular weight is 239 g/mol. The minimum Gasteiger partial charge on any atom is -0.369 e. The number of hydrogen-bond acceptors (Lipinski definition) is 2. The fourth-order valence-corrected chi connectivity index (χ4v) is 2.40. The first-order valence-electron chi connectivity index (χ1n) is 6.05. The van der Waals surface area contributed by atoms with Crippen molar-refractivity contribution in [1.82, 2.24) is 5.32 Å². The largest absolute Gasteiger partial charge is 0.369 e. The van der Waals surface area contributed by atoms with Gasteiger partial charge in [-0.3, -0.25) is 0 Å². The van der Waals surface area contributed by atoms with Crippen molar-refractivity contribution in [2.75, 3.05) is 31.1 Å². The Bertz CT molecular complexity index is 346. The molecule has 1 fully saturated rings. The Hall–Kier alpha value is -0.730. The second kappa shape index (κ2) is 5.55. The lowest BCUT2D eigenvalue weighted by atomic mass is 10.1. The number of aryl methyl sites for hydroxylation is 1. The van der Waals surface area contributed by atoms with E-state index in [4.69, 9.17) is 11.6 Å². The molecule has 0 atom stereocenters. The molecule has 0 aromatic heterocycles. The van der Waals surface area contributed by atoms with Gasteiger partial charge in [-0.2, -0.15) is 0 Å². The maximum absolute atomic E-state index is 6.29. The molecule has 16 heavy (non-hydrogen) atoms. The molecule has 0 aliphatic carbocycles. The first-order valence-corrected chi connectivity index (χ1v) is 6.43. The summed E-state index contributed by atoms with van der Waals surface area (Å²) in [5, 5.41) is 4.27. The molecule has 2 rings (SSSR count). The number of nitrogens with zero attached hydrogens (tertiary/aromatic N) is 1. The van der Waals surface area contributed by atoms with Gasteiger partial charge in [0.2, 0.25) is 0 Å². The molecule has 2 nitrogen and oxygen atoms in total. The van der Waals surface area contributed by atoms with E-state index in [0.29, 0.717) is 0 Å². The number of anilines is 1. The van der Waals surface area contributed by atoms with Crippen LogP contribution in [0.4, 0.5) is 5.69 Å². The quantitative estimate of drug-likeness (QED) is 0.871. The third kappa shape index (κ3) is 2.69. The molecular weight excluding hydrogens is 220 g/mol. The van der Waals surface area contributed by atoms with Crippen LogP contribution < -0.4 is 10.2 Å². The predicted molar refractivity (Wildman–Crippen MR) is 70.5 cm³/mol. The van der Waals surface area contributed by atoms with Crippen LogP contribution >= 0.6 is 11.6 Å². The smallest absolute Gasteiger partial charge is 0.0458 e. The predicted octanol–water partition coefficient (Wildman–Crippen LogP) is 2.70. The van der Waals surface area contributed by atoms with Gasteiger partial charge >= 0.3 is 0 Å². The maximum atomic E-state index is 6.29. The summed E-state index contributed by atoms with van der Waals surface area (Å²) in [5.74, 6) is 0. The Morgan fingerprint density at radius 3 is 2.69 bits per heavy atom. The minimum atomic E-state index is 0.915.